The molecule has 0 bridgehead atoms. The van der Waals surface area contributed by atoms with E-state index in [-0.39, 0.29) is 24.8 Å². The first-order valence-corrected chi connectivity index (χ1v) is 9.55. The number of rotatable bonds is 7. The van der Waals surface area contributed by atoms with E-state index in [4.69, 9.17) is 16.3 Å². The van der Waals surface area contributed by atoms with Crippen molar-refractivity contribution in [3.05, 3.63) is 77.8 Å². The van der Waals surface area contributed by atoms with Crippen LogP contribution in [0.1, 0.15) is 13.3 Å². The maximum Gasteiger partial charge on any atom is 0.227 e. The van der Waals surface area contributed by atoms with Crippen LogP contribution in [0.5, 0.6) is 5.75 Å². The third-order valence-corrected chi connectivity index (χ3v) is 4.43. The molecule has 0 aliphatic heterocycles. The second-order valence-corrected chi connectivity index (χ2v) is 6.79. The molecule has 148 valence electrons. The highest BCUT2D eigenvalue weighted by Crippen LogP contribution is 2.30. The van der Waals surface area contributed by atoms with Gasteiger partial charge >= 0.3 is 0 Å². The number of benzene rings is 3. The predicted molar refractivity (Wildman–Crippen MR) is 116 cm³/mol. The minimum Gasteiger partial charge on any atom is -0.492 e. The molecule has 0 fully saturated rings. The number of ether oxygens (including phenoxy) is 1. The highest BCUT2D eigenvalue weighted by Gasteiger charge is 2.09. The zero-order chi connectivity index (χ0) is 20.6. The molecular weight excluding hydrogens is 388 g/mol. The number of anilines is 2. The Hall–Kier alpha value is -3.31. The molecule has 6 heteroatoms. The molecule has 0 heterocycles. The first-order valence-electron chi connectivity index (χ1n) is 9.17. The van der Waals surface area contributed by atoms with E-state index in [1.54, 1.807) is 18.2 Å². The van der Waals surface area contributed by atoms with E-state index in [9.17, 15) is 9.59 Å². The van der Waals surface area contributed by atoms with Crippen LogP contribution in [-0.4, -0.2) is 18.4 Å². The van der Waals surface area contributed by atoms with E-state index in [2.05, 4.69) is 10.6 Å². The maximum absolute atomic E-state index is 12.3. The Morgan fingerprint density at radius 1 is 0.931 bits per heavy atom. The van der Waals surface area contributed by atoms with E-state index in [1.165, 1.54) is 6.92 Å². The number of carbonyl (C=O) groups excluding carboxylic acids is 2. The summed E-state index contributed by atoms with van der Waals surface area (Å²) in [6.07, 6.45) is 0.174. The maximum atomic E-state index is 12.3. The van der Waals surface area contributed by atoms with Crippen LogP contribution in [0.25, 0.3) is 11.1 Å². The van der Waals surface area contributed by atoms with Crippen LogP contribution in [0.15, 0.2) is 72.8 Å². The molecule has 0 saturated carbocycles. The normalized spacial score (nSPS) is 10.3. The number of para-hydroxylation sites is 1. The van der Waals surface area contributed by atoms with Crippen LogP contribution < -0.4 is 15.4 Å². The van der Waals surface area contributed by atoms with Crippen molar-refractivity contribution in [2.24, 2.45) is 0 Å². The fraction of sp³-hybridized carbons (Fsp3) is 0.130. The van der Waals surface area contributed by atoms with Gasteiger partial charge in [0.1, 0.15) is 5.75 Å². The van der Waals surface area contributed by atoms with E-state index in [1.807, 2.05) is 54.6 Å². The molecule has 0 atom stereocenters. The second-order valence-electron chi connectivity index (χ2n) is 6.38. The number of carbonyl (C=O) groups is 2. The monoisotopic (exact) mass is 408 g/mol. The molecule has 0 aliphatic carbocycles. The smallest absolute Gasteiger partial charge is 0.227 e. The first kappa shape index (κ1) is 20.4. The Morgan fingerprint density at radius 3 is 2.38 bits per heavy atom. The van der Waals surface area contributed by atoms with Gasteiger partial charge in [0.25, 0.3) is 0 Å². The lowest BCUT2D eigenvalue weighted by atomic mass is 10.1. The van der Waals surface area contributed by atoms with E-state index in [0.717, 1.165) is 16.9 Å². The zero-order valence-corrected chi connectivity index (χ0v) is 16.7. The summed E-state index contributed by atoms with van der Waals surface area (Å²) < 4.78 is 5.85. The fourth-order valence-corrected chi connectivity index (χ4v) is 3.04. The van der Waals surface area contributed by atoms with Gasteiger partial charge in [-0.1, -0.05) is 60.1 Å². The molecule has 2 amide bonds. The van der Waals surface area contributed by atoms with Crippen molar-refractivity contribution in [1.29, 1.82) is 0 Å². The Labute approximate surface area is 174 Å². The van der Waals surface area contributed by atoms with Crippen LogP contribution in [0.3, 0.4) is 0 Å². The largest absolute Gasteiger partial charge is 0.492 e. The molecule has 3 aromatic carbocycles. The van der Waals surface area contributed by atoms with E-state index >= 15 is 0 Å². The first-order chi connectivity index (χ1) is 14.0. The third kappa shape index (κ3) is 5.83. The highest BCUT2D eigenvalue weighted by molar-refractivity contribution is 6.34. The Kier molecular flexibility index (Phi) is 6.87. The van der Waals surface area contributed by atoms with Crippen molar-refractivity contribution in [3.63, 3.8) is 0 Å². The highest BCUT2D eigenvalue weighted by atomic mass is 35.5. The van der Waals surface area contributed by atoms with Crippen LogP contribution in [-0.2, 0) is 9.59 Å². The molecule has 3 aromatic rings. The van der Waals surface area contributed by atoms with Crippen molar-refractivity contribution >= 4 is 34.8 Å². The summed E-state index contributed by atoms with van der Waals surface area (Å²) in [5, 5.41) is 5.75. The molecule has 0 unspecified atom stereocenters. The lowest BCUT2D eigenvalue weighted by Crippen LogP contribution is -2.15. The van der Waals surface area contributed by atoms with Gasteiger partial charge in [0, 0.05) is 18.2 Å². The molecule has 2 N–H and O–H groups in total. The van der Waals surface area contributed by atoms with Gasteiger partial charge in [-0.2, -0.15) is 0 Å². The molecule has 0 aromatic heterocycles. The number of nitrogens with one attached hydrogen (secondary N) is 2. The van der Waals surface area contributed by atoms with Crippen molar-refractivity contribution in [2.75, 3.05) is 17.2 Å². The lowest BCUT2D eigenvalue weighted by molar-refractivity contribution is -0.116. The summed E-state index contributed by atoms with van der Waals surface area (Å²) in [4.78, 5) is 23.4. The lowest BCUT2D eigenvalue weighted by Gasteiger charge is -2.12. The molecular formula is C23H21ClN2O3. The minimum absolute atomic E-state index is 0.174. The van der Waals surface area contributed by atoms with Gasteiger partial charge in [-0.15, -0.1) is 0 Å². The summed E-state index contributed by atoms with van der Waals surface area (Å²) >= 11 is 6.18. The SMILES string of the molecule is CC(=O)Nc1ccc(NC(=O)CCOc2ccccc2-c2ccccc2)c(Cl)c1. The van der Waals surface area contributed by atoms with Gasteiger partial charge in [-0.25, -0.2) is 0 Å². The van der Waals surface area contributed by atoms with Gasteiger partial charge in [-0.3, -0.25) is 9.59 Å². The number of halogens is 1. The third-order valence-electron chi connectivity index (χ3n) is 4.12. The topological polar surface area (TPSA) is 67.4 Å². The van der Waals surface area contributed by atoms with Crippen LogP contribution >= 0.6 is 11.6 Å². The van der Waals surface area contributed by atoms with E-state index < -0.39 is 0 Å². The van der Waals surface area contributed by atoms with Gasteiger partial charge in [0.05, 0.1) is 23.7 Å². The van der Waals surface area contributed by atoms with Crippen LogP contribution in [0.4, 0.5) is 11.4 Å². The van der Waals surface area contributed by atoms with Crippen LogP contribution in [0.2, 0.25) is 5.02 Å². The molecule has 29 heavy (non-hydrogen) atoms. The fourth-order valence-electron chi connectivity index (χ4n) is 2.81. The molecule has 0 aliphatic rings. The van der Waals surface area contributed by atoms with Crippen molar-refractivity contribution < 1.29 is 14.3 Å². The van der Waals surface area contributed by atoms with E-state index in [0.29, 0.717) is 16.4 Å². The number of hydrogen-bond acceptors (Lipinski definition) is 3. The van der Waals surface area contributed by atoms with Crippen LogP contribution in [0, 0.1) is 0 Å². The summed E-state index contributed by atoms with van der Waals surface area (Å²) in [6.45, 7) is 1.65. The van der Waals surface area contributed by atoms with Gasteiger partial charge in [0.15, 0.2) is 0 Å². The minimum atomic E-state index is -0.212. The molecule has 0 saturated heterocycles. The quantitative estimate of drug-likeness (QED) is 0.552. The van der Waals surface area contributed by atoms with Gasteiger partial charge < -0.3 is 15.4 Å². The van der Waals surface area contributed by atoms with Crippen molar-refractivity contribution in [2.45, 2.75) is 13.3 Å². The molecule has 0 spiro atoms. The summed E-state index contributed by atoms with van der Waals surface area (Å²) in [5.74, 6) is 0.325. The zero-order valence-electron chi connectivity index (χ0n) is 15.9. The number of amides is 2. The van der Waals surface area contributed by atoms with Gasteiger partial charge in [0.2, 0.25) is 11.8 Å². The standard InChI is InChI=1S/C23H21ClN2O3/c1-16(27)25-18-11-12-21(20(24)15-18)26-23(28)13-14-29-22-10-6-5-9-19(22)17-7-3-2-4-8-17/h2-12,15H,13-14H2,1H3,(H,25,27)(H,26,28). The van der Waals surface area contributed by atoms with Crippen molar-refractivity contribution in [3.8, 4) is 16.9 Å². The summed E-state index contributed by atoms with van der Waals surface area (Å²) in [6, 6.07) is 22.6. The molecule has 3 rings (SSSR count). The predicted octanol–water partition coefficient (Wildman–Crippen LogP) is 5.37. The average Bonchev–Trinajstić information content (AvgIpc) is 2.71. The molecule has 0 radical (unpaired) electrons. The van der Waals surface area contributed by atoms with Crippen molar-refractivity contribution in [1.82, 2.24) is 0 Å². The molecule has 5 nitrogen and oxygen atoms in total. The Balaban J connectivity index is 1.57. The van der Waals surface area contributed by atoms with Gasteiger partial charge in [-0.05, 0) is 29.8 Å². The Bertz CT molecular complexity index is 1010. The summed E-state index contributed by atoms with van der Waals surface area (Å²) in [5.41, 5.74) is 3.08. The second kappa shape index (κ2) is 9.75. The Morgan fingerprint density at radius 2 is 1.66 bits per heavy atom. The number of hydrogen-bond donors (Lipinski definition) is 2. The average molecular weight is 409 g/mol. The summed E-state index contributed by atoms with van der Waals surface area (Å²) in [7, 11) is 0.